The molecule has 1 N–H and O–H groups in total. The topological polar surface area (TPSA) is 77.0 Å². The average molecular weight is 451 g/mol. The average Bonchev–Trinajstić information content (AvgIpc) is 3.19. The van der Waals surface area contributed by atoms with Gasteiger partial charge in [-0.2, -0.15) is 0 Å². The minimum atomic E-state index is -0.0876. The van der Waals surface area contributed by atoms with E-state index in [4.69, 9.17) is 4.74 Å². The molecule has 0 unspecified atom stereocenters. The maximum Gasteiger partial charge on any atom is 0.234 e. The van der Waals surface area contributed by atoms with E-state index < -0.39 is 0 Å². The Balaban J connectivity index is 1.52. The van der Waals surface area contributed by atoms with E-state index in [2.05, 4.69) is 27.4 Å². The summed E-state index contributed by atoms with van der Waals surface area (Å²) in [7, 11) is 1.64. The third-order valence-corrected chi connectivity index (χ3v) is 6.67. The molecule has 0 bridgehead atoms. The summed E-state index contributed by atoms with van der Waals surface area (Å²) >= 11 is 2.93. The van der Waals surface area contributed by atoms with E-state index in [1.165, 1.54) is 17.3 Å². The zero-order chi connectivity index (χ0) is 21.8. The molecule has 0 saturated carbocycles. The number of nitrogens with zero attached hydrogens (tertiary/aromatic N) is 3. The molecule has 0 radical (unpaired) electrons. The molecule has 31 heavy (non-hydrogen) atoms. The van der Waals surface area contributed by atoms with Crippen molar-refractivity contribution in [3.05, 3.63) is 59.1 Å². The molecule has 0 saturated heterocycles. The van der Waals surface area contributed by atoms with Crippen molar-refractivity contribution < 1.29 is 9.53 Å². The lowest BCUT2D eigenvalue weighted by Crippen LogP contribution is -2.14. The number of aromatic nitrogens is 3. The number of thioether (sulfide) groups is 1. The van der Waals surface area contributed by atoms with Gasteiger partial charge in [-0.15, -0.1) is 21.5 Å². The fourth-order valence-electron chi connectivity index (χ4n) is 3.11. The monoisotopic (exact) mass is 450 g/mol. The molecule has 2 aromatic heterocycles. The van der Waals surface area contributed by atoms with Crippen molar-refractivity contribution in [1.29, 1.82) is 0 Å². The highest BCUT2D eigenvalue weighted by Gasteiger charge is 2.17. The van der Waals surface area contributed by atoms with Gasteiger partial charge in [-0.05, 0) is 55.3 Å². The molecule has 0 fully saturated rings. The van der Waals surface area contributed by atoms with E-state index in [1.807, 2.05) is 55.5 Å². The second-order valence-electron chi connectivity index (χ2n) is 6.88. The van der Waals surface area contributed by atoms with Crippen molar-refractivity contribution in [2.45, 2.75) is 25.3 Å². The van der Waals surface area contributed by atoms with Gasteiger partial charge in [0, 0.05) is 11.3 Å². The van der Waals surface area contributed by atoms with Gasteiger partial charge in [0.15, 0.2) is 0 Å². The zero-order valence-electron chi connectivity index (χ0n) is 17.5. The van der Waals surface area contributed by atoms with Gasteiger partial charge in [0.2, 0.25) is 5.91 Å². The second-order valence-corrected chi connectivity index (χ2v) is 9.05. The summed E-state index contributed by atoms with van der Waals surface area (Å²) in [5, 5.41) is 13.4. The van der Waals surface area contributed by atoms with E-state index >= 15 is 0 Å². The first-order valence-electron chi connectivity index (χ1n) is 9.87. The Morgan fingerprint density at radius 1 is 1.10 bits per heavy atom. The number of thiazole rings is 1. The molecular formula is C23H22N4O2S2. The number of hydrogen-bond acceptors (Lipinski definition) is 7. The SMILES string of the molecule is CCc1ccc(NC(=O)CSc2nnc(-c3ccc(OC)cc3)c3sc(C)nc23)cc1. The van der Waals surface area contributed by atoms with Crippen LogP contribution in [-0.4, -0.2) is 34.0 Å². The van der Waals surface area contributed by atoms with Crippen LogP contribution in [0.15, 0.2) is 53.6 Å². The van der Waals surface area contributed by atoms with Crippen molar-refractivity contribution in [1.82, 2.24) is 15.2 Å². The molecule has 6 nitrogen and oxygen atoms in total. The van der Waals surface area contributed by atoms with E-state index in [9.17, 15) is 4.79 Å². The summed E-state index contributed by atoms with van der Waals surface area (Å²) in [6.07, 6.45) is 0.971. The maximum atomic E-state index is 12.4. The summed E-state index contributed by atoms with van der Waals surface area (Å²) in [5.74, 6) is 0.934. The Bertz CT molecular complexity index is 1200. The van der Waals surface area contributed by atoms with E-state index in [0.29, 0.717) is 5.03 Å². The highest BCUT2D eigenvalue weighted by atomic mass is 32.2. The maximum absolute atomic E-state index is 12.4. The van der Waals surface area contributed by atoms with Crippen LogP contribution in [0.4, 0.5) is 5.69 Å². The van der Waals surface area contributed by atoms with Crippen molar-refractivity contribution >= 4 is 44.9 Å². The van der Waals surface area contributed by atoms with Crippen LogP contribution in [0.25, 0.3) is 21.5 Å². The molecular weight excluding hydrogens is 428 g/mol. The highest BCUT2D eigenvalue weighted by molar-refractivity contribution is 8.00. The molecule has 158 valence electrons. The first-order valence-corrected chi connectivity index (χ1v) is 11.7. The van der Waals surface area contributed by atoms with E-state index in [0.717, 1.165) is 44.3 Å². The van der Waals surface area contributed by atoms with Crippen LogP contribution in [0, 0.1) is 6.92 Å². The molecule has 2 heterocycles. The number of fused-ring (bicyclic) bond motifs is 1. The number of amides is 1. The molecule has 8 heteroatoms. The third-order valence-electron chi connectivity index (χ3n) is 4.74. The molecule has 0 aliphatic rings. The lowest BCUT2D eigenvalue weighted by atomic mass is 10.1. The van der Waals surface area contributed by atoms with Crippen LogP contribution in [0.2, 0.25) is 0 Å². The van der Waals surface area contributed by atoms with Gasteiger partial charge in [-0.25, -0.2) is 4.98 Å². The number of rotatable bonds is 7. The molecule has 0 aliphatic carbocycles. The number of carbonyl (C=O) groups excluding carboxylic acids is 1. The largest absolute Gasteiger partial charge is 0.497 e. The number of ether oxygens (including phenoxy) is 1. The van der Waals surface area contributed by atoms with Gasteiger partial charge in [-0.3, -0.25) is 4.79 Å². The van der Waals surface area contributed by atoms with Gasteiger partial charge in [0.25, 0.3) is 0 Å². The van der Waals surface area contributed by atoms with Gasteiger partial charge in [-0.1, -0.05) is 30.8 Å². The number of aryl methyl sites for hydroxylation is 2. The van der Waals surface area contributed by atoms with Gasteiger partial charge >= 0.3 is 0 Å². The van der Waals surface area contributed by atoms with Gasteiger partial charge in [0.05, 0.1) is 22.6 Å². The number of carbonyl (C=O) groups is 1. The molecule has 4 rings (SSSR count). The van der Waals surface area contributed by atoms with Crippen LogP contribution in [0.5, 0.6) is 5.75 Å². The van der Waals surface area contributed by atoms with Crippen LogP contribution in [0.1, 0.15) is 17.5 Å². The third kappa shape index (κ3) is 4.86. The number of benzene rings is 2. The summed E-state index contributed by atoms with van der Waals surface area (Å²) in [4.78, 5) is 17.1. The number of hydrogen-bond donors (Lipinski definition) is 1. The Labute approximate surface area is 189 Å². The quantitative estimate of drug-likeness (QED) is 0.382. The molecule has 2 aromatic carbocycles. The standard InChI is InChI=1S/C23H22N4O2S2/c1-4-15-5-9-17(10-6-15)25-19(28)13-30-23-21-22(31-14(2)24-21)20(26-27-23)16-7-11-18(29-3)12-8-16/h5-12H,4,13H2,1-3H3,(H,25,28). The summed E-state index contributed by atoms with van der Waals surface area (Å²) < 4.78 is 6.21. The van der Waals surface area contributed by atoms with Crippen molar-refractivity contribution in [2.24, 2.45) is 0 Å². The van der Waals surface area contributed by atoms with Crippen molar-refractivity contribution in [2.75, 3.05) is 18.2 Å². The minimum Gasteiger partial charge on any atom is -0.497 e. The lowest BCUT2D eigenvalue weighted by Gasteiger charge is -2.07. The first kappa shape index (κ1) is 21.3. The Kier molecular flexibility index (Phi) is 6.48. The summed E-state index contributed by atoms with van der Waals surface area (Å²) in [5.41, 5.74) is 4.55. The highest BCUT2D eigenvalue weighted by Crippen LogP contribution is 2.35. The molecule has 0 atom stereocenters. The van der Waals surface area contributed by atoms with Crippen LogP contribution < -0.4 is 10.1 Å². The van der Waals surface area contributed by atoms with Crippen molar-refractivity contribution in [3.63, 3.8) is 0 Å². The Morgan fingerprint density at radius 2 is 1.84 bits per heavy atom. The minimum absolute atomic E-state index is 0.0876. The predicted molar refractivity (Wildman–Crippen MR) is 127 cm³/mol. The van der Waals surface area contributed by atoms with Crippen LogP contribution in [0.3, 0.4) is 0 Å². The van der Waals surface area contributed by atoms with E-state index in [1.54, 1.807) is 18.4 Å². The van der Waals surface area contributed by atoms with Crippen molar-refractivity contribution in [3.8, 4) is 17.0 Å². The lowest BCUT2D eigenvalue weighted by molar-refractivity contribution is -0.113. The van der Waals surface area contributed by atoms with Gasteiger partial charge < -0.3 is 10.1 Å². The van der Waals surface area contributed by atoms with E-state index in [-0.39, 0.29) is 11.7 Å². The first-order chi connectivity index (χ1) is 15.1. The number of nitrogens with one attached hydrogen (secondary N) is 1. The summed E-state index contributed by atoms with van der Waals surface area (Å²) in [6.45, 7) is 4.07. The fourth-order valence-corrected chi connectivity index (χ4v) is 4.82. The Morgan fingerprint density at radius 3 is 2.52 bits per heavy atom. The van der Waals surface area contributed by atoms with Crippen LogP contribution in [-0.2, 0) is 11.2 Å². The number of anilines is 1. The normalized spacial score (nSPS) is 10.9. The fraction of sp³-hybridized carbons (Fsp3) is 0.217. The van der Waals surface area contributed by atoms with Crippen LogP contribution >= 0.6 is 23.1 Å². The summed E-state index contributed by atoms with van der Waals surface area (Å²) in [6, 6.07) is 15.6. The molecule has 0 aliphatic heterocycles. The predicted octanol–water partition coefficient (Wildman–Crippen LogP) is 5.36. The molecule has 0 spiro atoms. The molecule has 1 amide bonds. The molecule has 4 aromatic rings. The second kappa shape index (κ2) is 9.45. The smallest absolute Gasteiger partial charge is 0.234 e. The zero-order valence-corrected chi connectivity index (χ0v) is 19.1. The number of methoxy groups -OCH3 is 1. The Hall–Kier alpha value is -2.97. The van der Waals surface area contributed by atoms with Gasteiger partial charge in [0.1, 0.15) is 22.0 Å².